The predicted octanol–water partition coefficient (Wildman–Crippen LogP) is -0.364. The molecule has 1 radical (unpaired) electrons. The molecule has 1 rings (SSSR count). The number of esters is 1. The highest BCUT2D eigenvalue weighted by atomic mass is 16.5. The molecule has 0 aromatic carbocycles. The maximum atomic E-state index is 10.8. The van der Waals surface area contributed by atoms with Crippen LogP contribution in [0.3, 0.4) is 0 Å². The van der Waals surface area contributed by atoms with E-state index in [-0.39, 0.29) is 12.4 Å². The second-order valence-electron chi connectivity index (χ2n) is 1.95. The van der Waals surface area contributed by atoms with Gasteiger partial charge in [0.2, 0.25) is 0 Å². The van der Waals surface area contributed by atoms with Gasteiger partial charge in [-0.3, -0.25) is 4.79 Å². The van der Waals surface area contributed by atoms with Crippen LogP contribution in [0.2, 0.25) is 0 Å². The third-order valence-electron chi connectivity index (χ3n) is 1.09. The van der Waals surface area contributed by atoms with Crippen molar-refractivity contribution in [2.24, 2.45) is 0 Å². The summed E-state index contributed by atoms with van der Waals surface area (Å²) in [4.78, 5) is 12.0. The van der Waals surface area contributed by atoms with Crippen molar-refractivity contribution in [3.05, 3.63) is 12.9 Å². The van der Waals surface area contributed by atoms with E-state index in [1.165, 1.54) is 17.7 Å². The van der Waals surface area contributed by atoms with Crippen LogP contribution < -0.4 is 0 Å². The molecule has 1 heterocycles. The molecule has 6 heteroatoms. The van der Waals surface area contributed by atoms with Gasteiger partial charge < -0.3 is 4.74 Å². The van der Waals surface area contributed by atoms with Crippen LogP contribution in [0.1, 0.15) is 13.3 Å². The molecule has 0 N–H and O–H groups in total. The van der Waals surface area contributed by atoms with E-state index >= 15 is 0 Å². The number of aromatic nitrogens is 4. The number of hydrogen-bond donors (Lipinski definition) is 0. The summed E-state index contributed by atoms with van der Waals surface area (Å²) in [7, 11) is 0. The average molecular weight is 169 g/mol. The molecule has 0 atom stereocenters. The summed E-state index contributed by atoms with van der Waals surface area (Å²) in [5, 5.41) is 10.7. The largest absolute Gasteiger partial charge is 0.466 e. The van der Waals surface area contributed by atoms with Crippen LogP contribution in [-0.2, 0) is 9.53 Å². The fourth-order valence-electron chi connectivity index (χ4n) is 0.635. The molecule has 1 aromatic rings. The zero-order valence-corrected chi connectivity index (χ0v) is 6.67. The van der Waals surface area contributed by atoms with Gasteiger partial charge >= 0.3 is 5.97 Å². The lowest BCUT2D eigenvalue weighted by atomic mass is 10.4. The minimum atomic E-state index is -0.296. The van der Waals surface area contributed by atoms with E-state index in [4.69, 9.17) is 0 Å². The summed E-state index contributed by atoms with van der Waals surface area (Å²) >= 11 is 0. The van der Waals surface area contributed by atoms with Gasteiger partial charge in [0.1, 0.15) is 6.54 Å². The quantitative estimate of drug-likeness (QED) is 0.575. The van der Waals surface area contributed by atoms with E-state index in [1.807, 2.05) is 0 Å². The Bertz CT molecular complexity index is 234. The third-order valence-corrected chi connectivity index (χ3v) is 1.09. The lowest BCUT2D eigenvalue weighted by Gasteiger charge is -1.98. The highest BCUT2D eigenvalue weighted by Crippen LogP contribution is 1.91. The Morgan fingerprint density at radius 2 is 2.58 bits per heavy atom. The Kier molecular flexibility index (Phi) is 3.18. The Morgan fingerprint density at radius 1 is 1.75 bits per heavy atom. The van der Waals surface area contributed by atoms with Gasteiger partial charge in [-0.1, -0.05) is 0 Å². The molecule has 0 spiro atoms. The molecule has 6 nitrogen and oxygen atoms in total. The standard InChI is InChI=1S/C6H9N4O2/c1-2-12-6(11)3-4-10-8-5-7-9-10/h4-5H,2-3H2,1H3. The molecular weight excluding hydrogens is 160 g/mol. The topological polar surface area (TPSA) is 69.9 Å². The fourth-order valence-corrected chi connectivity index (χ4v) is 0.635. The van der Waals surface area contributed by atoms with Crippen LogP contribution in [0, 0.1) is 6.54 Å². The van der Waals surface area contributed by atoms with E-state index in [1.54, 1.807) is 6.92 Å². The van der Waals surface area contributed by atoms with Gasteiger partial charge in [-0.25, -0.2) is 0 Å². The minimum Gasteiger partial charge on any atom is -0.466 e. The van der Waals surface area contributed by atoms with E-state index in [9.17, 15) is 4.79 Å². The monoisotopic (exact) mass is 169 g/mol. The molecular formula is C6H9N4O2. The second-order valence-corrected chi connectivity index (χ2v) is 1.95. The predicted molar refractivity (Wildman–Crippen MR) is 38.8 cm³/mol. The number of hydrogen-bond acceptors (Lipinski definition) is 5. The van der Waals surface area contributed by atoms with E-state index in [0.29, 0.717) is 6.61 Å². The van der Waals surface area contributed by atoms with Crippen LogP contribution in [-0.4, -0.2) is 32.8 Å². The summed E-state index contributed by atoms with van der Waals surface area (Å²) in [6, 6.07) is 0. The molecule has 0 amide bonds. The molecule has 0 aliphatic carbocycles. The van der Waals surface area contributed by atoms with Gasteiger partial charge in [0.25, 0.3) is 0 Å². The van der Waals surface area contributed by atoms with Crippen molar-refractivity contribution in [2.45, 2.75) is 13.3 Å². The van der Waals surface area contributed by atoms with Crippen molar-refractivity contribution < 1.29 is 9.53 Å². The van der Waals surface area contributed by atoms with Gasteiger partial charge in [-0.05, 0) is 12.1 Å². The first-order chi connectivity index (χ1) is 5.83. The molecule has 0 unspecified atom stereocenters. The van der Waals surface area contributed by atoms with Crippen molar-refractivity contribution in [1.29, 1.82) is 0 Å². The molecule has 0 saturated carbocycles. The van der Waals surface area contributed by atoms with Gasteiger partial charge in [0.05, 0.1) is 13.0 Å². The maximum absolute atomic E-state index is 10.8. The van der Waals surface area contributed by atoms with Crippen molar-refractivity contribution in [3.8, 4) is 0 Å². The molecule has 0 aliphatic heterocycles. The summed E-state index contributed by atoms with van der Waals surface area (Å²) in [5.41, 5.74) is 0. The maximum Gasteiger partial charge on any atom is 0.308 e. The highest BCUT2D eigenvalue weighted by molar-refractivity contribution is 5.70. The second kappa shape index (κ2) is 4.42. The zero-order chi connectivity index (χ0) is 8.81. The molecule has 1 aromatic heterocycles. The molecule has 0 aliphatic rings. The Labute approximate surface area is 69.5 Å². The Hall–Kier alpha value is -1.46. The Morgan fingerprint density at radius 3 is 3.17 bits per heavy atom. The van der Waals surface area contributed by atoms with Gasteiger partial charge in [0, 0.05) is 0 Å². The lowest BCUT2D eigenvalue weighted by Crippen LogP contribution is -2.08. The first-order valence-corrected chi connectivity index (χ1v) is 3.54. The number of carbonyl (C=O) groups is 1. The summed E-state index contributed by atoms with van der Waals surface area (Å²) in [6.07, 6.45) is 1.45. The average Bonchev–Trinajstić information content (AvgIpc) is 2.53. The molecule has 12 heavy (non-hydrogen) atoms. The van der Waals surface area contributed by atoms with Gasteiger partial charge in [-0.15, -0.1) is 10.2 Å². The van der Waals surface area contributed by atoms with Gasteiger partial charge in [0.15, 0.2) is 6.33 Å². The third kappa shape index (κ3) is 2.65. The van der Waals surface area contributed by atoms with E-state index < -0.39 is 0 Å². The van der Waals surface area contributed by atoms with E-state index in [2.05, 4.69) is 20.1 Å². The number of carbonyl (C=O) groups excluding carboxylic acids is 1. The van der Waals surface area contributed by atoms with Crippen LogP contribution in [0.4, 0.5) is 0 Å². The number of tetrazole rings is 1. The zero-order valence-electron chi connectivity index (χ0n) is 6.67. The molecule has 65 valence electrons. The highest BCUT2D eigenvalue weighted by Gasteiger charge is 2.02. The normalized spacial score (nSPS) is 9.75. The summed E-state index contributed by atoms with van der Waals surface area (Å²) in [5.74, 6) is -0.296. The number of ether oxygens (including phenoxy) is 1. The smallest absolute Gasteiger partial charge is 0.308 e. The lowest BCUT2D eigenvalue weighted by molar-refractivity contribution is -0.142. The van der Waals surface area contributed by atoms with Crippen molar-refractivity contribution in [1.82, 2.24) is 20.2 Å². The van der Waals surface area contributed by atoms with Crippen molar-refractivity contribution in [2.75, 3.05) is 6.61 Å². The minimum absolute atomic E-state index is 0.157. The fraction of sp³-hybridized carbons (Fsp3) is 0.500. The van der Waals surface area contributed by atoms with Crippen molar-refractivity contribution in [3.63, 3.8) is 0 Å². The molecule has 0 bridgehead atoms. The summed E-state index contributed by atoms with van der Waals surface area (Å²) < 4.78 is 4.68. The number of rotatable bonds is 4. The van der Waals surface area contributed by atoms with Gasteiger partial charge in [-0.2, -0.15) is 4.80 Å². The number of nitrogens with zero attached hydrogens (tertiary/aromatic N) is 4. The molecule has 0 saturated heterocycles. The first-order valence-electron chi connectivity index (χ1n) is 3.54. The van der Waals surface area contributed by atoms with Crippen molar-refractivity contribution >= 4 is 5.97 Å². The SMILES string of the molecule is CCOC(=O)C[CH]n1ncnn1. The van der Waals surface area contributed by atoms with Crippen LogP contribution in [0.25, 0.3) is 0 Å². The van der Waals surface area contributed by atoms with Crippen LogP contribution in [0.15, 0.2) is 6.33 Å². The van der Waals surface area contributed by atoms with E-state index in [0.717, 1.165) is 0 Å². The first kappa shape index (κ1) is 8.63. The molecule has 0 fully saturated rings. The van der Waals surface area contributed by atoms with Crippen LogP contribution >= 0.6 is 0 Å². The van der Waals surface area contributed by atoms with Crippen LogP contribution in [0.5, 0.6) is 0 Å². The summed E-state index contributed by atoms with van der Waals surface area (Å²) in [6.45, 7) is 3.63. The Balaban J connectivity index is 2.22.